The quantitative estimate of drug-likeness (QED) is 0.534. The maximum absolute atomic E-state index is 6.32. The van der Waals surface area contributed by atoms with Gasteiger partial charge in [0.25, 0.3) is 0 Å². The largest absolute Gasteiger partial charge is 0.339 e. The van der Waals surface area contributed by atoms with Crippen LogP contribution in [0.4, 0.5) is 0 Å². The van der Waals surface area contributed by atoms with Gasteiger partial charge in [0.1, 0.15) is 0 Å². The summed E-state index contributed by atoms with van der Waals surface area (Å²) in [5, 5.41) is 7.48. The van der Waals surface area contributed by atoms with E-state index >= 15 is 0 Å². The van der Waals surface area contributed by atoms with Crippen molar-refractivity contribution in [2.75, 3.05) is 7.05 Å². The molecule has 3 aromatic rings. The summed E-state index contributed by atoms with van der Waals surface area (Å²) >= 11 is 14.1. The van der Waals surface area contributed by atoms with Crippen LogP contribution in [0.15, 0.2) is 40.2 Å². The third-order valence-electron chi connectivity index (χ3n) is 6.11. The van der Waals surface area contributed by atoms with Crippen LogP contribution in [0.3, 0.4) is 0 Å². The highest BCUT2D eigenvalue weighted by Crippen LogP contribution is 2.51. The molecule has 0 unspecified atom stereocenters. The van der Waals surface area contributed by atoms with E-state index in [0.717, 1.165) is 23.6 Å². The molecule has 7 heteroatoms. The first-order valence-electron chi connectivity index (χ1n) is 9.16. The van der Waals surface area contributed by atoms with Gasteiger partial charge in [-0.3, -0.25) is 4.90 Å². The zero-order chi connectivity index (χ0) is 18.5. The van der Waals surface area contributed by atoms with E-state index in [9.17, 15) is 0 Å². The zero-order valence-corrected chi connectivity index (χ0v) is 17.1. The first-order chi connectivity index (χ1) is 13.1. The molecule has 4 heterocycles. The molecule has 1 aromatic carbocycles. The number of fused-ring (bicyclic) bond motifs is 2. The molecule has 140 valence electrons. The standard InChI is InChI=1S/C20H19Cl2N3OS/c1-25-12-5-7-16(25)18(13(10-12)11-4-6-14(21)15(22)9-11)20-23-19(24-26-20)17-3-2-8-27-17/h2-4,6,8-9,12-13,16,18H,5,7,10H2,1H3/t12-,13+,16+,18-/m1/s1. The Morgan fingerprint density at radius 3 is 2.85 bits per heavy atom. The third-order valence-corrected chi connectivity index (χ3v) is 7.71. The lowest BCUT2D eigenvalue weighted by Gasteiger charge is -2.41. The van der Waals surface area contributed by atoms with E-state index < -0.39 is 0 Å². The zero-order valence-electron chi connectivity index (χ0n) is 14.8. The summed E-state index contributed by atoms with van der Waals surface area (Å²) in [5.74, 6) is 1.86. The van der Waals surface area contributed by atoms with Crippen LogP contribution in [-0.4, -0.2) is 34.2 Å². The van der Waals surface area contributed by atoms with Gasteiger partial charge in [0.2, 0.25) is 11.7 Å². The van der Waals surface area contributed by atoms with Gasteiger partial charge in [0, 0.05) is 12.1 Å². The summed E-state index contributed by atoms with van der Waals surface area (Å²) in [7, 11) is 2.22. The number of benzene rings is 1. The lowest BCUT2D eigenvalue weighted by atomic mass is 9.76. The molecule has 4 atom stereocenters. The predicted octanol–water partition coefficient (Wildman–Crippen LogP) is 5.84. The molecule has 5 rings (SSSR count). The molecule has 0 spiro atoms. The van der Waals surface area contributed by atoms with E-state index in [2.05, 4.69) is 23.2 Å². The fourth-order valence-electron chi connectivity index (χ4n) is 4.77. The van der Waals surface area contributed by atoms with Crippen molar-refractivity contribution in [2.24, 2.45) is 0 Å². The molecule has 2 aliphatic rings. The van der Waals surface area contributed by atoms with Crippen LogP contribution in [0.1, 0.15) is 42.6 Å². The molecule has 4 nitrogen and oxygen atoms in total. The fourth-order valence-corrected chi connectivity index (χ4v) is 5.72. The number of halogens is 2. The molecular formula is C20H19Cl2N3OS. The Balaban J connectivity index is 1.56. The SMILES string of the molecule is CN1[C@@H]2CC[C@H]1[C@H](c1nc(-c3cccs3)no1)[C@H](c1ccc(Cl)c(Cl)c1)C2. The lowest BCUT2D eigenvalue weighted by molar-refractivity contribution is 0.120. The summed E-state index contributed by atoms with van der Waals surface area (Å²) in [5.41, 5.74) is 1.20. The van der Waals surface area contributed by atoms with Crippen LogP contribution in [0.5, 0.6) is 0 Å². The summed E-state index contributed by atoms with van der Waals surface area (Å²) in [6.45, 7) is 0. The van der Waals surface area contributed by atoms with Crippen LogP contribution in [0, 0.1) is 0 Å². The highest BCUT2D eigenvalue weighted by Gasteiger charge is 2.49. The van der Waals surface area contributed by atoms with Gasteiger partial charge in [-0.05, 0) is 61.4 Å². The molecule has 0 amide bonds. The van der Waals surface area contributed by atoms with E-state index in [4.69, 9.17) is 32.7 Å². The third kappa shape index (κ3) is 3.01. The fraction of sp³-hybridized carbons (Fsp3) is 0.400. The van der Waals surface area contributed by atoms with Crippen molar-refractivity contribution in [3.8, 4) is 10.7 Å². The molecular weight excluding hydrogens is 401 g/mol. The van der Waals surface area contributed by atoms with Crippen molar-refractivity contribution < 1.29 is 4.52 Å². The summed E-state index contributed by atoms with van der Waals surface area (Å²) < 4.78 is 5.79. The maximum Gasteiger partial charge on any atom is 0.232 e. The summed E-state index contributed by atoms with van der Waals surface area (Å²) in [6.07, 6.45) is 3.42. The van der Waals surface area contributed by atoms with Crippen LogP contribution in [-0.2, 0) is 0 Å². The highest BCUT2D eigenvalue weighted by molar-refractivity contribution is 7.13. The Morgan fingerprint density at radius 2 is 2.07 bits per heavy atom. The number of hydrogen-bond donors (Lipinski definition) is 0. The van der Waals surface area contributed by atoms with E-state index in [1.165, 1.54) is 12.0 Å². The highest BCUT2D eigenvalue weighted by atomic mass is 35.5. The minimum Gasteiger partial charge on any atom is -0.339 e. The molecule has 2 bridgehead atoms. The molecule has 2 aromatic heterocycles. The number of piperidine rings is 1. The molecule has 27 heavy (non-hydrogen) atoms. The van der Waals surface area contributed by atoms with Crippen molar-refractivity contribution in [3.63, 3.8) is 0 Å². The predicted molar refractivity (Wildman–Crippen MR) is 109 cm³/mol. The van der Waals surface area contributed by atoms with Gasteiger partial charge in [0.05, 0.1) is 20.8 Å². The van der Waals surface area contributed by atoms with E-state index in [0.29, 0.717) is 33.9 Å². The van der Waals surface area contributed by atoms with E-state index in [-0.39, 0.29) is 5.92 Å². The molecule has 0 saturated carbocycles. The average molecular weight is 420 g/mol. The molecule has 0 radical (unpaired) electrons. The Hall–Kier alpha value is -1.40. The normalized spacial score (nSPS) is 28.0. The van der Waals surface area contributed by atoms with Gasteiger partial charge in [-0.15, -0.1) is 11.3 Å². The number of likely N-dealkylation sites (N-methyl/N-ethyl adjacent to an activating group) is 1. The van der Waals surface area contributed by atoms with Crippen LogP contribution in [0.25, 0.3) is 10.7 Å². The Kier molecular flexibility index (Phi) is 4.51. The number of thiophene rings is 1. The summed E-state index contributed by atoms with van der Waals surface area (Å²) in [6, 6.07) is 11.0. The van der Waals surface area contributed by atoms with Crippen molar-refractivity contribution in [2.45, 2.75) is 43.2 Å². The van der Waals surface area contributed by atoms with Gasteiger partial charge >= 0.3 is 0 Å². The summed E-state index contributed by atoms with van der Waals surface area (Å²) in [4.78, 5) is 8.32. The smallest absolute Gasteiger partial charge is 0.232 e. The second-order valence-electron chi connectivity index (χ2n) is 7.44. The molecule has 2 aliphatic heterocycles. The first-order valence-corrected chi connectivity index (χ1v) is 10.8. The van der Waals surface area contributed by atoms with E-state index in [1.54, 1.807) is 11.3 Å². The average Bonchev–Trinajstić information content (AvgIpc) is 3.38. The second kappa shape index (κ2) is 6.89. The van der Waals surface area contributed by atoms with E-state index in [1.807, 2.05) is 29.6 Å². The van der Waals surface area contributed by atoms with Crippen LogP contribution in [0.2, 0.25) is 10.0 Å². The second-order valence-corrected chi connectivity index (χ2v) is 9.20. The Labute approximate surface area is 172 Å². The van der Waals surface area contributed by atoms with Gasteiger partial charge < -0.3 is 4.52 Å². The van der Waals surface area contributed by atoms with Crippen molar-refractivity contribution >= 4 is 34.5 Å². The van der Waals surface area contributed by atoms with Gasteiger partial charge in [-0.25, -0.2) is 0 Å². The Bertz CT molecular complexity index is 958. The van der Waals surface area contributed by atoms with Crippen molar-refractivity contribution in [1.29, 1.82) is 0 Å². The number of nitrogens with zero attached hydrogens (tertiary/aromatic N) is 3. The van der Waals surface area contributed by atoms with Gasteiger partial charge in [-0.1, -0.05) is 40.5 Å². The van der Waals surface area contributed by atoms with Crippen LogP contribution >= 0.6 is 34.5 Å². The molecule has 0 N–H and O–H groups in total. The minimum atomic E-state index is 0.159. The molecule has 0 aliphatic carbocycles. The van der Waals surface area contributed by atoms with Crippen molar-refractivity contribution in [1.82, 2.24) is 15.0 Å². The number of aromatic nitrogens is 2. The molecule has 2 saturated heterocycles. The van der Waals surface area contributed by atoms with Crippen molar-refractivity contribution in [3.05, 3.63) is 57.2 Å². The first kappa shape index (κ1) is 17.7. The Morgan fingerprint density at radius 1 is 1.19 bits per heavy atom. The lowest BCUT2D eigenvalue weighted by Crippen LogP contribution is -2.44. The molecule has 2 fully saturated rings. The monoisotopic (exact) mass is 419 g/mol. The van der Waals surface area contributed by atoms with Crippen LogP contribution < -0.4 is 0 Å². The number of rotatable bonds is 3. The topological polar surface area (TPSA) is 42.2 Å². The van der Waals surface area contributed by atoms with Gasteiger partial charge in [0.15, 0.2) is 0 Å². The van der Waals surface area contributed by atoms with Gasteiger partial charge in [-0.2, -0.15) is 4.98 Å². The number of hydrogen-bond acceptors (Lipinski definition) is 5. The minimum absolute atomic E-state index is 0.159. The maximum atomic E-state index is 6.32.